The number of carboxylic acid groups (broad SMARTS) is 1. The van der Waals surface area contributed by atoms with Crippen LogP contribution in [0.4, 0.5) is 0 Å². The molecule has 2 aromatic rings. The van der Waals surface area contributed by atoms with Gasteiger partial charge in [-0.15, -0.1) is 0 Å². The van der Waals surface area contributed by atoms with Gasteiger partial charge in [-0.1, -0.05) is 0 Å². The number of fused-ring (bicyclic) bond motifs is 1. The van der Waals surface area contributed by atoms with Crippen molar-refractivity contribution in [3.05, 3.63) is 30.3 Å². The summed E-state index contributed by atoms with van der Waals surface area (Å²) in [5, 5.41) is 9.41. The molecule has 0 bridgehead atoms. The zero-order valence-corrected chi connectivity index (χ0v) is 7.88. The lowest BCUT2D eigenvalue weighted by Gasteiger charge is -2.03. The van der Waals surface area contributed by atoms with Crippen LogP contribution in [0.15, 0.2) is 28.9 Å². The van der Waals surface area contributed by atoms with Crippen LogP contribution in [-0.2, 0) is 4.79 Å². The molecule has 1 unspecified atom stereocenters. The Bertz CT molecular complexity index is 459. The van der Waals surface area contributed by atoms with Crippen LogP contribution in [-0.4, -0.2) is 16.1 Å². The van der Waals surface area contributed by atoms with E-state index in [1.165, 1.54) is 0 Å². The molecule has 2 rings (SSSR count). The highest BCUT2D eigenvalue weighted by atomic mass is 16.4. The molecule has 78 valence electrons. The summed E-state index contributed by atoms with van der Waals surface area (Å²) in [5.74, 6) is -0.471. The number of carbonyl (C=O) groups is 1. The summed E-state index contributed by atoms with van der Waals surface area (Å²) in [6, 6.07) is 2.82. The van der Waals surface area contributed by atoms with Crippen LogP contribution < -0.4 is 5.73 Å². The first-order valence-electron chi connectivity index (χ1n) is 4.47. The van der Waals surface area contributed by atoms with Crippen molar-refractivity contribution in [1.82, 2.24) is 4.98 Å². The smallest absolute Gasteiger partial charge is 0.305 e. The van der Waals surface area contributed by atoms with Gasteiger partial charge in [-0.3, -0.25) is 9.78 Å². The van der Waals surface area contributed by atoms with Crippen LogP contribution >= 0.6 is 0 Å². The third kappa shape index (κ3) is 1.97. The van der Waals surface area contributed by atoms with Crippen LogP contribution in [0, 0.1) is 0 Å². The molecular formula is C10H10N2O3. The zero-order chi connectivity index (χ0) is 10.8. The predicted molar refractivity (Wildman–Crippen MR) is 53.2 cm³/mol. The van der Waals surface area contributed by atoms with E-state index in [0.29, 0.717) is 11.3 Å². The maximum atomic E-state index is 10.5. The van der Waals surface area contributed by atoms with Gasteiger partial charge in [0.1, 0.15) is 11.3 Å². The lowest BCUT2D eigenvalue weighted by molar-refractivity contribution is -0.137. The molecule has 0 aliphatic rings. The number of pyridine rings is 1. The van der Waals surface area contributed by atoms with E-state index >= 15 is 0 Å². The van der Waals surface area contributed by atoms with E-state index in [4.69, 9.17) is 15.3 Å². The first-order valence-corrected chi connectivity index (χ1v) is 4.47. The highest BCUT2D eigenvalue weighted by molar-refractivity contribution is 5.77. The molecule has 0 saturated heterocycles. The van der Waals surface area contributed by atoms with Crippen molar-refractivity contribution in [3.63, 3.8) is 0 Å². The number of carboxylic acids is 1. The van der Waals surface area contributed by atoms with Crippen LogP contribution in [0.1, 0.15) is 18.2 Å². The van der Waals surface area contributed by atoms with Gasteiger partial charge in [0.05, 0.1) is 12.5 Å². The molecule has 0 amide bonds. The van der Waals surface area contributed by atoms with Crippen molar-refractivity contribution in [2.24, 2.45) is 5.73 Å². The van der Waals surface area contributed by atoms with Crippen molar-refractivity contribution >= 4 is 16.9 Å². The molecule has 0 spiro atoms. The van der Waals surface area contributed by atoms with Gasteiger partial charge < -0.3 is 15.3 Å². The fourth-order valence-corrected chi connectivity index (χ4v) is 1.38. The lowest BCUT2D eigenvalue weighted by Crippen LogP contribution is -2.14. The first kappa shape index (κ1) is 9.67. The van der Waals surface area contributed by atoms with Gasteiger partial charge in [0.15, 0.2) is 0 Å². The minimum absolute atomic E-state index is 0.146. The molecule has 0 aromatic carbocycles. The Balaban J connectivity index is 2.32. The van der Waals surface area contributed by atoms with E-state index < -0.39 is 12.0 Å². The number of aromatic nitrogens is 1. The Labute approximate surface area is 85.5 Å². The van der Waals surface area contributed by atoms with E-state index in [0.717, 1.165) is 5.39 Å². The summed E-state index contributed by atoms with van der Waals surface area (Å²) < 4.78 is 5.40. The van der Waals surface area contributed by atoms with Gasteiger partial charge in [-0.2, -0.15) is 0 Å². The third-order valence-corrected chi connectivity index (χ3v) is 2.10. The topological polar surface area (TPSA) is 89.4 Å². The van der Waals surface area contributed by atoms with Gasteiger partial charge in [-0.05, 0) is 12.1 Å². The summed E-state index contributed by atoms with van der Waals surface area (Å²) in [6.45, 7) is 0. The Morgan fingerprint density at radius 1 is 1.67 bits per heavy atom. The Kier molecular flexibility index (Phi) is 2.39. The summed E-state index contributed by atoms with van der Waals surface area (Å²) in [4.78, 5) is 14.4. The number of rotatable bonds is 3. The molecule has 2 heterocycles. The normalized spacial score (nSPS) is 12.9. The molecule has 1 atom stereocenters. The second-order valence-electron chi connectivity index (χ2n) is 3.27. The molecule has 0 fully saturated rings. The van der Waals surface area contributed by atoms with Crippen molar-refractivity contribution in [2.45, 2.75) is 12.5 Å². The molecule has 5 heteroatoms. The van der Waals surface area contributed by atoms with Crippen LogP contribution in [0.5, 0.6) is 0 Å². The third-order valence-electron chi connectivity index (χ3n) is 2.10. The molecule has 0 aliphatic carbocycles. The molecule has 5 nitrogen and oxygen atoms in total. The molecule has 3 N–H and O–H groups in total. The molecule has 2 aromatic heterocycles. The van der Waals surface area contributed by atoms with Gasteiger partial charge in [-0.25, -0.2) is 0 Å². The van der Waals surface area contributed by atoms with E-state index in [-0.39, 0.29) is 6.42 Å². The average molecular weight is 206 g/mol. The average Bonchev–Trinajstić information content (AvgIpc) is 2.59. The van der Waals surface area contributed by atoms with Crippen LogP contribution in [0.2, 0.25) is 0 Å². The fourth-order valence-electron chi connectivity index (χ4n) is 1.38. The Morgan fingerprint density at radius 2 is 2.47 bits per heavy atom. The quantitative estimate of drug-likeness (QED) is 0.790. The first-order chi connectivity index (χ1) is 7.16. The maximum absolute atomic E-state index is 10.5. The Morgan fingerprint density at radius 3 is 3.13 bits per heavy atom. The Hall–Kier alpha value is -1.88. The van der Waals surface area contributed by atoms with E-state index in [1.54, 1.807) is 24.5 Å². The summed E-state index contributed by atoms with van der Waals surface area (Å²) in [6.07, 6.45) is 3.11. The van der Waals surface area contributed by atoms with E-state index in [1.807, 2.05) is 0 Å². The number of aliphatic carboxylic acids is 1. The second kappa shape index (κ2) is 3.70. The highest BCUT2D eigenvalue weighted by Crippen LogP contribution is 2.23. The van der Waals surface area contributed by atoms with Crippen molar-refractivity contribution < 1.29 is 14.3 Å². The monoisotopic (exact) mass is 206 g/mol. The summed E-state index contributed by atoms with van der Waals surface area (Å²) in [7, 11) is 0. The van der Waals surface area contributed by atoms with Crippen molar-refractivity contribution in [1.29, 1.82) is 0 Å². The van der Waals surface area contributed by atoms with Crippen LogP contribution in [0.25, 0.3) is 11.0 Å². The fraction of sp³-hybridized carbons (Fsp3) is 0.200. The lowest BCUT2D eigenvalue weighted by atomic mass is 10.1. The van der Waals surface area contributed by atoms with Crippen LogP contribution in [0.3, 0.4) is 0 Å². The van der Waals surface area contributed by atoms with Gasteiger partial charge in [0, 0.05) is 17.8 Å². The molecule has 0 saturated carbocycles. The highest BCUT2D eigenvalue weighted by Gasteiger charge is 2.15. The number of hydrogen-bond acceptors (Lipinski definition) is 4. The SMILES string of the molecule is NC(CC(=O)O)c1cc2cnccc2o1. The summed E-state index contributed by atoms with van der Waals surface area (Å²) in [5.41, 5.74) is 6.33. The van der Waals surface area contributed by atoms with Gasteiger partial charge in [0.2, 0.25) is 0 Å². The molecule has 15 heavy (non-hydrogen) atoms. The number of furan rings is 1. The molecular weight excluding hydrogens is 196 g/mol. The second-order valence-corrected chi connectivity index (χ2v) is 3.27. The molecule has 0 radical (unpaired) electrons. The van der Waals surface area contributed by atoms with E-state index in [2.05, 4.69) is 4.98 Å². The standard InChI is InChI=1S/C10H10N2O3/c11-7(4-10(13)14)9-3-6-5-12-2-1-8(6)15-9/h1-3,5,7H,4,11H2,(H,13,14). The maximum Gasteiger partial charge on any atom is 0.305 e. The number of hydrogen-bond donors (Lipinski definition) is 2. The zero-order valence-electron chi connectivity index (χ0n) is 7.88. The minimum atomic E-state index is -0.943. The number of nitrogens with two attached hydrogens (primary N) is 1. The van der Waals surface area contributed by atoms with Gasteiger partial charge >= 0.3 is 5.97 Å². The van der Waals surface area contributed by atoms with Crippen molar-refractivity contribution in [3.8, 4) is 0 Å². The number of nitrogens with zero attached hydrogens (tertiary/aromatic N) is 1. The molecule has 0 aliphatic heterocycles. The minimum Gasteiger partial charge on any atom is -0.481 e. The predicted octanol–water partition coefficient (Wildman–Crippen LogP) is 1.30. The van der Waals surface area contributed by atoms with Crippen molar-refractivity contribution in [2.75, 3.05) is 0 Å². The summed E-state index contributed by atoms with van der Waals surface area (Å²) >= 11 is 0. The largest absolute Gasteiger partial charge is 0.481 e. The van der Waals surface area contributed by atoms with Gasteiger partial charge in [0.25, 0.3) is 0 Å². The van der Waals surface area contributed by atoms with E-state index in [9.17, 15) is 4.79 Å².